The van der Waals surface area contributed by atoms with Gasteiger partial charge in [-0.15, -0.1) is 0 Å². The predicted octanol–water partition coefficient (Wildman–Crippen LogP) is 19.5. The minimum Gasteiger partial charge on any atom is -0.309 e. The van der Waals surface area contributed by atoms with Gasteiger partial charge in [-0.1, -0.05) is 190 Å². The monoisotopic (exact) mass is 1120 g/mol. The summed E-state index contributed by atoms with van der Waals surface area (Å²) in [5.41, 5.74) is 17.1. The molecule has 0 atom stereocenters. The number of para-hydroxylation sites is 1. The van der Waals surface area contributed by atoms with Gasteiger partial charge in [0.2, 0.25) is 0 Å². The summed E-state index contributed by atoms with van der Waals surface area (Å²) < 4.78 is 5.91. The molecule has 0 aliphatic heterocycles. The number of benzene rings is 11. The van der Waals surface area contributed by atoms with Crippen LogP contribution >= 0.6 is 54.5 Å². The van der Waals surface area contributed by atoms with Crippen LogP contribution in [0, 0.1) is 9.65 Å². The molecule has 1 nitrogen and oxygen atoms in total. The van der Waals surface area contributed by atoms with E-state index in [0.717, 1.165) is 15.4 Å². The molecule has 12 aromatic rings. The van der Waals surface area contributed by atoms with Gasteiger partial charge in [-0.2, -0.15) is 0 Å². The topological polar surface area (TPSA) is 4.93 Å². The molecule has 0 bridgehead atoms. The van der Waals surface area contributed by atoms with Crippen molar-refractivity contribution in [2.24, 2.45) is 0 Å². The van der Waals surface area contributed by atoms with E-state index in [-0.39, 0.29) is 0 Å². The summed E-state index contributed by atoms with van der Waals surface area (Å²) in [5, 5.41) is 10.5. The van der Waals surface area contributed by atoms with Gasteiger partial charge in [0.15, 0.2) is 0 Å². The zero-order valence-electron chi connectivity index (χ0n) is 37.3. The Labute approximate surface area is 432 Å². The molecule has 0 radical (unpaired) electrons. The van der Waals surface area contributed by atoms with E-state index in [1.165, 1.54) is 119 Å². The van der Waals surface area contributed by atoms with Gasteiger partial charge >= 0.3 is 0 Å². The zero-order valence-corrected chi connectivity index (χ0v) is 42.6. The Morgan fingerprint density at radius 2 is 0.928 bits per heavy atom. The van der Waals surface area contributed by atoms with Crippen LogP contribution in [0.3, 0.4) is 0 Å². The molecule has 2 aliphatic rings. The van der Waals surface area contributed by atoms with E-state index in [4.69, 9.17) is 0 Å². The van der Waals surface area contributed by atoms with Gasteiger partial charge < -0.3 is 4.57 Å². The Kier molecular flexibility index (Phi) is 11.6. The first-order valence-corrected chi connectivity index (χ1v) is 25.8. The summed E-state index contributed by atoms with van der Waals surface area (Å²) in [5.74, 6) is 0. The lowest BCUT2D eigenvalue weighted by molar-refractivity contribution is 1.19. The molecule has 2 aliphatic carbocycles. The van der Waals surface area contributed by atoms with Crippen molar-refractivity contribution in [3.05, 3.63) is 265 Å². The highest BCUT2D eigenvalue weighted by Gasteiger charge is 2.29. The van der Waals surface area contributed by atoms with Crippen LogP contribution in [0.2, 0.25) is 0 Å². The standard InChI is InChI=1S/C32H20BrN.C21H13.C12H8BrI/c33-23-17-13-21(14-18-23)22-15-19-24(20-16-22)34-30-12-6-5-11-29(30)31-27-9-3-1-7-25(27)26-8-2-4-10-28(26)32(31)34;1-2-8-15-14(7-1)13-20-18-11-4-3-9-16(18)17-10-5-6-12-19(17)21(15)20;13-11-5-1-9(2-6-11)10-3-7-12(14)8-4-10/h1-20H;1-2,4-12H,13H2;1-8H/q;+1;. The fourth-order valence-electron chi connectivity index (χ4n) is 10.4. The van der Waals surface area contributed by atoms with E-state index in [2.05, 4.69) is 296 Å². The largest absolute Gasteiger partial charge is 0.309 e. The molecule has 0 saturated carbocycles. The van der Waals surface area contributed by atoms with E-state index in [1.54, 1.807) is 0 Å². The molecule has 0 spiro atoms. The fourth-order valence-corrected chi connectivity index (χ4v) is 11.3. The van der Waals surface area contributed by atoms with Crippen molar-refractivity contribution in [1.29, 1.82) is 0 Å². The summed E-state index contributed by atoms with van der Waals surface area (Å²) >= 11 is 9.28. The molecule has 0 N–H and O–H groups in total. The number of hydrogen-bond acceptors (Lipinski definition) is 0. The first kappa shape index (κ1) is 43.4. The minimum atomic E-state index is 1.04. The Morgan fingerprint density at radius 3 is 1.58 bits per heavy atom. The Morgan fingerprint density at radius 1 is 0.435 bits per heavy atom. The zero-order chi connectivity index (χ0) is 46.4. The van der Waals surface area contributed by atoms with Crippen LogP contribution in [0.25, 0.3) is 105 Å². The quantitative estimate of drug-likeness (QED) is 0.0944. The van der Waals surface area contributed by atoms with Crippen molar-refractivity contribution in [1.82, 2.24) is 4.57 Å². The van der Waals surface area contributed by atoms with Crippen LogP contribution in [0.15, 0.2) is 233 Å². The second-order valence-electron chi connectivity index (χ2n) is 17.4. The number of rotatable bonds is 3. The first-order valence-electron chi connectivity index (χ1n) is 23.1. The van der Waals surface area contributed by atoms with Gasteiger partial charge in [-0.25, -0.2) is 0 Å². The molecule has 0 fully saturated rings. The van der Waals surface area contributed by atoms with Crippen molar-refractivity contribution in [3.63, 3.8) is 0 Å². The number of hydrogen-bond donors (Lipinski definition) is 0. The van der Waals surface area contributed by atoms with Crippen LogP contribution in [-0.4, -0.2) is 4.57 Å². The molecule has 11 aromatic carbocycles. The molecule has 1 heterocycles. The normalized spacial score (nSPS) is 12.0. The van der Waals surface area contributed by atoms with Gasteiger partial charge in [0.05, 0.1) is 22.7 Å². The van der Waals surface area contributed by atoms with Crippen LogP contribution in [0.4, 0.5) is 0 Å². The number of fused-ring (bicyclic) bond motifs is 16. The Hall–Kier alpha value is -6.92. The molecule has 0 unspecified atom stereocenters. The van der Waals surface area contributed by atoms with Crippen molar-refractivity contribution in [2.45, 2.75) is 6.42 Å². The maximum atomic E-state index is 3.54. The SMILES string of the molecule is Brc1ccc(-c2ccc(-n3c4ccccc4c4c5ccccc5c5ccccc5c43)cc2)cc1.Brc1ccc(-c2ccc(I)cc2)cc1.[C+]1=Cc2c(c3c(c4ccccc24)-c2ccccc2C3)C=C1. The summed E-state index contributed by atoms with van der Waals surface area (Å²) in [6, 6.07) is 78.2. The van der Waals surface area contributed by atoms with Crippen LogP contribution < -0.4 is 0 Å². The highest BCUT2D eigenvalue weighted by Crippen LogP contribution is 2.47. The Bertz CT molecular complexity index is 3930. The summed E-state index contributed by atoms with van der Waals surface area (Å²) in [6.07, 6.45) is 10.6. The molecule has 69 heavy (non-hydrogen) atoms. The van der Waals surface area contributed by atoms with E-state index >= 15 is 0 Å². The predicted molar refractivity (Wildman–Crippen MR) is 310 cm³/mol. The maximum absolute atomic E-state index is 3.54. The molecular formula is C65H41Br2IN+. The van der Waals surface area contributed by atoms with Gasteiger partial charge in [0.1, 0.15) is 17.7 Å². The fraction of sp³-hybridized carbons (Fsp3) is 0.0154. The lowest BCUT2D eigenvalue weighted by Gasteiger charge is -2.13. The number of halogens is 3. The van der Waals surface area contributed by atoms with Crippen molar-refractivity contribution >= 4 is 121 Å². The van der Waals surface area contributed by atoms with E-state index in [1.807, 2.05) is 6.08 Å². The molecular weight excluding hydrogens is 1080 g/mol. The van der Waals surface area contributed by atoms with E-state index < -0.39 is 0 Å². The van der Waals surface area contributed by atoms with Gasteiger partial charge in [0, 0.05) is 57.6 Å². The lowest BCUT2D eigenvalue weighted by Crippen LogP contribution is -1.95. The van der Waals surface area contributed by atoms with Crippen molar-refractivity contribution in [3.8, 4) is 39.1 Å². The van der Waals surface area contributed by atoms with Gasteiger partial charge in [0.25, 0.3) is 0 Å². The van der Waals surface area contributed by atoms with Crippen LogP contribution in [-0.2, 0) is 6.42 Å². The molecule has 0 amide bonds. The van der Waals surface area contributed by atoms with Crippen molar-refractivity contribution < 1.29 is 0 Å². The smallest absolute Gasteiger partial charge is 0.111 e. The second kappa shape index (κ2) is 18.5. The summed E-state index contributed by atoms with van der Waals surface area (Å²) in [7, 11) is 0. The van der Waals surface area contributed by atoms with Crippen LogP contribution in [0.1, 0.15) is 22.3 Å². The molecule has 4 heteroatoms. The Balaban J connectivity index is 0.000000119. The van der Waals surface area contributed by atoms with Gasteiger partial charge in [-0.05, 0) is 144 Å². The van der Waals surface area contributed by atoms with Crippen molar-refractivity contribution in [2.75, 3.05) is 0 Å². The summed E-state index contributed by atoms with van der Waals surface area (Å²) in [6.45, 7) is 0. The number of allylic oxidation sites excluding steroid dienone is 2. The summed E-state index contributed by atoms with van der Waals surface area (Å²) in [4.78, 5) is 0. The van der Waals surface area contributed by atoms with E-state index in [0.29, 0.717) is 0 Å². The van der Waals surface area contributed by atoms with Gasteiger partial charge in [-0.3, -0.25) is 0 Å². The third kappa shape index (κ3) is 8.02. The first-order chi connectivity index (χ1) is 34.0. The average Bonchev–Trinajstić information content (AvgIpc) is 3.98. The molecule has 0 saturated heterocycles. The molecule has 14 rings (SSSR count). The molecule has 1 aromatic heterocycles. The average molecular weight is 1120 g/mol. The number of nitrogens with zero attached hydrogens (tertiary/aromatic N) is 1. The highest BCUT2D eigenvalue weighted by molar-refractivity contribution is 14.1. The second-order valence-corrected chi connectivity index (χ2v) is 20.5. The minimum absolute atomic E-state index is 1.04. The van der Waals surface area contributed by atoms with Crippen LogP contribution in [0.5, 0.6) is 0 Å². The third-order valence-corrected chi connectivity index (χ3v) is 15.3. The molecule has 326 valence electrons. The maximum Gasteiger partial charge on any atom is 0.111 e. The third-order valence-electron chi connectivity index (χ3n) is 13.5. The highest BCUT2D eigenvalue weighted by atomic mass is 127. The number of aromatic nitrogens is 1. The lowest BCUT2D eigenvalue weighted by atomic mass is 9.87. The van der Waals surface area contributed by atoms with E-state index in [9.17, 15) is 0 Å².